The molecule has 0 saturated carbocycles. The summed E-state index contributed by atoms with van der Waals surface area (Å²) < 4.78 is 2.27. The SMILES string of the molecule is Clc1ccc2nc3n(c2c1)CCC3. The zero-order valence-electron chi connectivity index (χ0n) is 7.13. The van der Waals surface area contributed by atoms with Gasteiger partial charge in [-0.3, -0.25) is 0 Å². The van der Waals surface area contributed by atoms with Crippen molar-refractivity contribution in [3.8, 4) is 0 Å². The number of aromatic nitrogens is 2. The molecule has 2 heterocycles. The van der Waals surface area contributed by atoms with Gasteiger partial charge in [0.2, 0.25) is 0 Å². The minimum Gasteiger partial charge on any atom is -0.328 e. The van der Waals surface area contributed by atoms with Gasteiger partial charge in [0.25, 0.3) is 0 Å². The molecule has 1 aromatic carbocycles. The second kappa shape index (κ2) is 2.48. The molecule has 3 rings (SSSR count). The van der Waals surface area contributed by atoms with Gasteiger partial charge in [-0.25, -0.2) is 4.98 Å². The molecule has 2 nitrogen and oxygen atoms in total. The van der Waals surface area contributed by atoms with Gasteiger partial charge in [0.15, 0.2) is 0 Å². The molecule has 0 radical (unpaired) electrons. The number of fused-ring (bicyclic) bond motifs is 3. The van der Waals surface area contributed by atoms with Crippen molar-refractivity contribution in [1.29, 1.82) is 0 Å². The van der Waals surface area contributed by atoms with Crippen molar-refractivity contribution in [2.75, 3.05) is 0 Å². The quantitative estimate of drug-likeness (QED) is 0.628. The fourth-order valence-corrected chi connectivity index (χ4v) is 2.15. The number of nitrogens with zero attached hydrogens (tertiary/aromatic N) is 2. The molecule has 0 atom stereocenters. The lowest BCUT2D eigenvalue weighted by molar-refractivity contribution is 0.771. The van der Waals surface area contributed by atoms with Crippen molar-refractivity contribution in [3.05, 3.63) is 29.0 Å². The van der Waals surface area contributed by atoms with Crippen molar-refractivity contribution < 1.29 is 0 Å². The fraction of sp³-hybridized carbons (Fsp3) is 0.300. The molecule has 1 aliphatic rings. The van der Waals surface area contributed by atoms with E-state index in [1.165, 1.54) is 17.8 Å². The van der Waals surface area contributed by atoms with Crippen molar-refractivity contribution in [1.82, 2.24) is 9.55 Å². The van der Waals surface area contributed by atoms with Crippen LogP contribution in [-0.4, -0.2) is 9.55 Å². The first-order valence-corrected chi connectivity index (χ1v) is 4.87. The monoisotopic (exact) mass is 192 g/mol. The van der Waals surface area contributed by atoms with Gasteiger partial charge in [-0.15, -0.1) is 0 Å². The number of imidazole rings is 1. The van der Waals surface area contributed by atoms with E-state index < -0.39 is 0 Å². The third-order valence-corrected chi connectivity index (χ3v) is 2.81. The molecule has 0 amide bonds. The molecule has 3 heteroatoms. The molecule has 1 aliphatic heterocycles. The molecule has 66 valence electrons. The maximum absolute atomic E-state index is 5.94. The van der Waals surface area contributed by atoms with Gasteiger partial charge in [0.1, 0.15) is 5.82 Å². The Hall–Kier alpha value is -1.02. The number of benzene rings is 1. The summed E-state index contributed by atoms with van der Waals surface area (Å²) in [6, 6.07) is 5.88. The average Bonchev–Trinajstić information content (AvgIpc) is 2.64. The lowest BCUT2D eigenvalue weighted by Crippen LogP contribution is -1.90. The van der Waals surface area contributed by atoms with Crippen LogP contribution in [0.3, 0.4) is 0 Å². The molecule has 13 heavy (non-hydrogen) atoms. The Morgan fingerprint density at radius 2 is 2.31 bits per heavy atom. The van der Waals surface area contributed by atoms with Crippen LogP contribution in [0.1, 0.15) is 12.2 Å². The summed E-state index contributed by atoms with van der Waals surface area (Å²) >= 11 is 5.94. The zero-order valence-corrected chi connectivity index (χ0v) is 7.88. The lowest BCUT2D eigenvalue weighted by Gasteiger charge is -1.97. The van der Waals surface area contributed by atoms with E-state index in [0.717, 1.165) is 23.5 Å². The van der Waals surface area contributed by atoms with E-state index >= 15 is 0 Å². The normalized spacial score (nSPS) is 15.2. The zero-order chi connectivity index (χ0) is 8.84. The third kappa shape index (κ3) is 0.985. The van der Waals surface area contributed by atoms with Gasteiger partial charge >= 0.3 is 0 Å². The first kappa shape index (κ1) is 7.39. The van der Waals surface area contributed by atoms with E-state index in [2.05, 4.69) is 9.55 Å². The second-order valence-electron chi connectivity index (χ2n) is 3.42. The molecule has 0 unspecified atom stereocenters. The largest absolute Gasteiger partial charge is 0.328 e. The van der Waals surface area contributed by atoms with Crippen molar-refractivity contribution in [2.24, 2.45) is 0 Å². The maximum Gasteiger partial charge on any atom is 0.109 e. The van der Waals surface area contributed by atoms with Gasteiger partial charge in [0, 0.05) is 18.0 Å². The van der Waals surface area contributed by atoms with E-state index in [9.17, 15) is 0 Å². The predicted octanol–water partition coefficient (Wildman–Crippen LogP) is 2.64. The van der Waals surface area contributed by atoms with Gasteiger partial charge in [-0.1, -0.05) is 11.6 Å². The topological polar surface area (TPSA) is 17.8 Å². The summed E-state index contributed by atoms with van der Waals surface area (Å²) in [4.78, 5) is 4.54. The summed E-state index contributed by atoms with van der Waals surface area (Å²) in [6.45, 7) is 1.09. The van der Waals surface area contributed by atoms with Crippen molar-refractivity contribution in [2.45, 2.75) is 19.4 Å². The summed E-state index contributed by atoms with van der Waals surface area (Å²) in [6.07, 6.45) is 2.32. The molecular formula is C10H9ClN2. The first-order chi connectivity index (χ1) is 6.34. The van der Waals surface area contributed by atoms with E-state index in [4.69, 9.17) is 11.6 Å². The number of hydrogen-bond acceptors (Lipinski definition) is 1. The van der Waals surface area contributed by atoms with Crippen LogP contribution in [0.15, 0.2) is 18.2 Å². The lowest BCUT2D eigenvalue weighted by atomic mass is 10.3. The summed E-state index contributed by atoms with van der Waals surface area (Å²) in [5.41, 5.74) is 2.25. The Labute approximate surface area is 81.1 Å². The molecule has 0 spiro atoms. The molecule has 0 fully saturated rings. The summed E-state index contributed by atoms with van der Waals surface area (Å²) in [5.74, 6) is 1.21. The van der Waals surface area contributed by atoms with Crippen LogP contribution in [0.4, 0.5) is 0 Å². The molecule has 0 saturated heterocycles. The molecule has 0 N–H and O–H groups in total. The minimum absolute atomic E-state index is 0.794. The smallest absolute Gasteiger partial charge is 0.109 e. The van der Waals surface area contributed by atoms with Crippen LogP contribution in [-0.2, 0) is 13.0 Å². The number of halogens is 1. The highest BCUT2D eigenvalue weighted by molar-refractivity contribution is 6.31. The van der Waals surface area contributed by atoms with Crippen LogP contribution >= 0.6 is 11.6 Å². The van der Waals surface area contributed by atoms with E-state index in [0.29, 0.717) is 0 Å². The van der Waals surface area contributed by atoms with Crippen molar-refractivity contribution >= 4 is 22.6 Å². The Bertz CT molecular complexity index is 473. The third-order valence-electron chi connectivity index (χ3n) is 2.57. The van der Waals surface area contributed by atoms with E-state index in [-0.39, 0.29) is 0 Å². The molecule has 0 aliphatic carbocycles. The van der Waals surface area contributed by atoms with E-state index in [1.807, 2.05) is 18.2 Å². The van der Waals surface area contributed by atoms with Gasteiger partial charge < -0.3 is 4.57 Å². The molecule has 0 bridgehead atoms. The van der Waals surface area contributed by atoms with E-state index in [1.54, 1.807) is 0 Å². The fourth-order valence-electron chi connectivity index (χ4n) is 1.98. The highest BCUT2D eigenvalue weighted by Crippen LogP contribution is 2.24. The van der Waals surface area contributed by atoms with Crippen LogP contribution in [0.5, 0.6) is 0 Å². The van der Waals surface area contributed by atoms with Crippen LogP contribution in [0.2, 0.25) is 5.02 Å². The standard InChI is InChI=1S/C10H9ClN2/c11-7-3-4-8-9(6-7)13-5-1-2-10(13)12-8/h3-4,6H,1-2,5H2. The first-order valence-electron chi connectivity index (χ1n) is 4.49. The van der Waals surface area contributed by atoms with Gasteiger partial charge in [0.05, 0.1) is 11.0 Å². The Kier molecular flexibility index (Phi) is 1.41. The number of hydrogen-bond donors (Lipinski definition) is 0. The number of aryl methyl sites for hydroxylation is 2. The number of rotatable bonds is 0. The molecule has 1 aromatic heterocycles. The second-order valence-corrected chi connectivity index (χ2v) is 3.85. The van der Waals surface area contributed by atoms with Crippen LogP contribution in [0, 0.1) is 0 Å². The van der Waals surface area contributed by atoms with Gasteiger partial charge in [-0.2, -0.15) is 0 Å². The van der Waals surface area contributed by atoms with Crippen LogP contribution < -0.4 is 0 Å². The maximum atomic E-state index is 5.94. The highest BCUT2D eigenvalue weighted by Gasteiger charge is 2.15. The molecule has 2 aromatic rings. The van der Waals surface area contributed by atoms with Gasteiger partial charge in [-0.05, 0) is 24.6 Å². The van der Waals surface area contributed by atoms with Crippen molar-refractivity contribution in [3.63, 3.8) is 0 Å². The Balaban J connectivity index is 2.40. The van der Waals surface area contributed by atoms with Crippen LogP contribution in [0.25, 0.3) is 11.0 Å². The Morgan fingerprint density at radius 3 is 3.23 bits per heavy atom. The molecular weight excluding hydrogens is 184 g/mol. The highest BCUT2D eigenvalue weighted by atomic mass is 35.5. The average molecular weight is 193 g/mol. The Morgan fingerprint density at radius 1 is 1.38 bits per heavy atom. The minimum atomic E-state index is 0.794. The summed E-state index contributed by atoms with van der Waals surface area (Å²) in [5, 5.41) is 0.794. The predicted molar refractivity (Wildman–Crippen MR) is 53.1 cm³/mol. The summed E-state index contributed by atoms with van der Waals surface area (Å²) in [7, 11) is 0.